The van der Waals surface area contributed by atoms with E-state index in [9.17, 15) is 9.18 Å². The number of anilines is 1. The fraction of sp³-hybridized carbons (Fsp3) is 0.0556. The van der Waals surface area contributed by atoms with Crippen molar-refractivity contribution in [3.05, 3.63) is 66.7 Å². The van der Waals surface area contributed by atoms with E-state index in [-0.39, 0.29) is 17.5 Å². The summed E-state index contributed by atoms with van der Waals surface area (Å²) in [5, 5.41) is 11.6. The summed E-state index contributed by atoms with van der Waals surface area (Å²) in [4.78, 5) is 20.5. The first-order valence-electron chi connectivity index (χ1n) is 8.01. The lowest BCUT2D eigenvalue weighted by Crippen LogP contribution is -2.14. The number of thioether (sulfide) groups is 1. The summed E-state index contributed by atoms with van der Waals surface area (Å²) >= 11 is 1.25. The van der Waals surface area contributed by atoms with Gasteiger partial charge in [0, 0.05) is 5.69 Å². The van der Waals surface area contributed by atoms with Crippen LogP contribution in [0.4, 0.5) is 10.1 Å². The zero-order chi connectivity index (χ0) is 18.6. The van der Waals surface area contributed by atoms with Crippen molar-refractivity contribution in [3.63, 3.8) is 0 Å². The molecule has 0 aliphatic heterocycles. The van der Waals surface area contributed by atoms with Gasteiger partial charge in [0.05, 0.1) is 11.4 Å². The number of halogens is 1. The first-order chi connectivity index (χ1) is 13.2. The maximum absolute atomic E-state index is 13.1. The predicted molar refractivity (Wildman–Crippen MR) is 100 cm³/mol. The SMILES string of the molecule is O=C(CSc1ncnc2c1nnn2-c1ccc(F)cc1)Nc1ccccc1. The van der Waals surface area contributed by atoms with Gasteiger partial charge in [0.25, 0.3) is 0 Å². The Bertz CT molecular complexity index is 1080. The number of fused-ring (bicyclic) bond motifs is 1. The summed E-state index contributed by atoms with van der Waals surface area (Å²) in [7, 11) is 0. The summed E-state index contributed by atoms with van der Waals surface area (Å²) in [5.74, 6) is -0.313. The number of nitrogens with zero attached hydrogens (tertiary/aromatic N) is 5. The fourth-order valence-corrected chi connectivity index (χ4v) is 3.17. The van der Waals surface area contributed by atoms with Crippen molar-refractivity contribution in [1.82, 2.24) is 25.0 Å². The normalized spacial score (nSPS) is 10.9. The van der Waals surface area contributed by atoms with E-state index in [0.29, 0.717) is 21.9 Å². The zero-order valence-electron chi connectivity index (χ0n) is 13.9. The van der Waals surface area contributed by atoms with Crippen LogP contribution in [-0.2, 0) is 4.79 Å². The molecule has 0 bridgehead atoms. The van der Waals surface area contributed by atoms with Crippen LogP contribution in [0.15, 0.2) is 66.0 Å². The van der Waals surface area contributed by atoms with Crippen LogP contribution in [0.3, 0.4) is 0 Å². The second-order valence-corrected chi connectivity index (χ2v) is 6.50. The molecule has 1 N–H and O–H groups in total. The molecular formula is C18H13FN6OS. The Hall–Kier alpha value is -3.33. The van der Waals surface area contributed by atoms with Crippen molar-refractivity contribution in [1.29, 1.82) is 0 Å². The molecule has 2 aromatic heterocycles. The van der Waals surface area contributed by atoms with Crippen LogP contribution in [-0.4, -0.2) is 36.6 Å². The first-order valence-corrected chi connectivity index (χ1v) is 8.99. The molecule has 0 spiro atoms. The highest BCUT2D eigenvalue weighted by Gasteiger charge is 2.14. The highest BCUT2D eigenvalue weighted by Crippen LogP contribution is 2.24. The molecule has 1 amide bonds. The molecule has 0 atom stereocenters. The summed E-state index contributed by atoms with van der Waals surface area (Å²) in [6.07, 6.45) is 1.39. The van der Waals surface area contributed by atoms with Crippen LogP contribution in [0, 0.1) is 5.82 Å². The Morgan fingerprint density at radius 3 is 2.63 bits per heavy atom. The number of hydrogen-bond acceptors (Lipinski definition) is 6. The molecule has 0 aliphatic rings. The molecule has 4 rings (SSSR count). The molecule has 0 aliphatic carbocycles. The van der Waals surface area contributed by atoms with Crippen molar-refractivity contribution >= 4 is 34.5 Å². The minimum atomic E-state index is -0.335. The number of para-hydroxylation sites is 1. The lowest BCUT2D eigenvalue weighted by molar-refractivity contribution is -0.113. The van der Waals surface area contributed by atoms with Crippen LogP contribution in [0.5, 0.6) is 0 Å². The van der Waals surface area contributed by atoms with E-state index in [4.69, 9.17) is 0 Å². The highest BCUT2D eigenvalue weighted by molar-refractivity contribution is 8.00. The van der Waals surface area contributed by atoms with E-state index in [1.165, 1.54) is 34.9 Å². The number of rotatable bonds is 5. The molecule has 27 heavy (non-hydrogen) atoms. The minimum absolute atomic E-state index is 0.149. The standard InChI is InChI=1S/C18H13FN6OS/c19-12-6-8-14(9-7-12)25-17-16(23-24-25)18(21-11-20-17)27-10-15(26)22-13-4-2-1-3-5-13/h1-9,11H,10H2,(H,22,26). The van der Waals surface area contributed by atoms with E-state index in [0.717, 1.165) is 5.69 Å². The van der Waals surface area contributed by atoms with Gasteiger partial charge in [-0.15, -0.1) is 5.10 Å². The van der Waals surface area contributed by atoms with Gasteiger partial charge in [0.2, 0.25) is 5.91 Å². The van der Waals surface area contributed by atoms with Crippen molar-refractivity contribution in [2.75, 3.05) is 11.1 Å². The number of aromatic nitrogens is 5. The van der Waals surface area contributed by atoms with Crippen molar-refractivity contribution in [2.45, 2.75) is 5.03 Å². The van der Waals surface area contributed by atoms with Crippen LogP contribution >= 0.6 is 11.8 Å². The van der Waals surface area contributed by atoms with Crippen LogP contribution in [0.2, 0.25) is 0 Å². The number of amides is 1. The second kappa shape index (κ2) is 7.50. The first kappa shape index (κ1) is 17.1. The quantitative estimate of drug-likeness (QED) is 0.423. The van der Waals surface area contributed by atoms with Gasteiger partial charge in [-0.05, 0) is 36.4 Å². The Labute approximate surface area is 157 Å². The lowest BCUT2D eigenvalue weighted by Gasteiger charge is -2.05. The Morgan fingerprint density at radius 1 is 1.07 bits per heavy atom. The molecule has 7 nitrogen and oxygen atoms in total. The third-order valence-corrected chi connectivity index (χ3v) is 4.65. The third kappa shape index (κ3) is 3.77. The molecule has 2 aromatic carbocycles. The van der Waals surface area contributed by atoms with Gasteiger partial charge >= 0.3 is 0 Å². The van der Waals surface area contributed by atoms with Gasteiger partial charge in [-0.25, -0.2) is 14.4 Å². The number of nitrogens with one attached hydrogen (secondary N) is 1. The second-order valence-electron chi connectivity index (χ2n) is 5.53. The highest BCUT2D eigenvalue weighted by atomic mass is 32.2. The van der Waals surface area contributed by atoms with E-state index < -0.39 is 0 Å². The summed E-state index contributed by atoms with van der Waals surface area (Å²) in [6, 6.07) is 15.1. The van der Waals surface area contributed by atoms with Gasteiger partial charge in [-0.1, -0.05) is 35.2 Å². The summed E-state index contributed by atoms with van der Waals surface area (Å²) in [5.41, 5.74) is 2.34. The summed E-state index contributed by atoms with van der Waals surface area (Å²) < 4.78 is 14.6. The topological polar surface area (TPSA) is 85.6 Å². The molecule has 0 unspecified atom stereocenters. The molecule has 4 aromatic rings. The number of hydrogen-bond donors (Lipinski definition) is 1. The predicted octanol–water partition coefficient (Wildman–Crippen LogP) is 3.08. The Morgan fingerprint density at radius 2 is 1.85 bits per heavy atom. The molecule has 0 saturated carbocycles. The van der Waals surface area contributed by atoms with E-state index in [2.05, 4.69) is 25.6 Å². The van der Waals surface area contributed by atoms with Gasteiger partial charge in [0.1, 0.15) is 17.2 Å². The molecule has 2 heterocycles. The molecule has 9 heteroatoms. The largest absolute Gasteiger partial charge is 0.325 e. The van der Waals surface area contributed by atoms with Gasteiger partial charge in [-0.3, -0.25) is 4.79 Å². The van der Waals surface area contributed by atoms with E-state index in [1.807, 2.05) is 30.3 Å². The fourth-order valence-electron chi connectivity index (χ4n) is 2.44. The van der Waals surface area contributed by atoms with E-state index >= 15 is 0 Å². The zero-order valence-corrected chi connectivity index (χ0v) is 14.7. The average Bonchev–Trinajstić information content (AvgIpc) is 3.12. The molecule has 0 fully saturated rings. The lowest BCUT2D eigenvalue weighted by atomic mass is 10.3. The van der Waals surface area contributed by atoms with Crippen LogP contribution in [0.1, 0.15) is 0 Å². The monoisotopic (exact) mass is 380 g/mol. The van der Waals surface area contributed by atoms with Gasteiger partial charge in [0.15, 0.2) is 11.2 Å². The number of benzene rings is 2. The van der Waals surface area contributed by atoms with Crippen molar-refractivity contribution < 1.29 is 9.18 Å². The van der Waals surface area contributed by atoms with Gasteiger partial charge in [-0.2, -0.15) is 4.68 Å². The van der Waals surface area contributed by atoms with Crippen molar-refractivity contribution in [3.8, 4) is 5.69 Å². The molecule has 0 radical (unpaired) electrons. The number of carbonyl (C=O) groups is 1. The van der Waals surface area contributed by atoms with Crippen molar-refractivity contribution in [2.24, 2.45) is 0 Å². The van der Waals surface area contributed by atoms with Crippen LogP contribution < -0.4 is 5.32 Å². The molecule has 134 valence electrons. The maximum atomic E-state index is 13.1. The smallest absolute Gasteiger partial charge is 0.234 e. The third-order valence-electron chi connectivity index (χ3n) is 3.67. The average molecular weight is 380 g/mol. The van der Waals surface area contributed by atoms with E-state index in [1.54, 1.807) is 12.1 Å². The summed E-state index contributed by atoms with van der Waals surface area (Å²) in [6.45, 7) is 0. The number of carbonyl (C=O) groups excluding carboxylic acids is 1. The van der Waals surface area contributed by atoms with Gasteiger partial charge < -0.3 is 5.32 Å². The van der Waals surface area contributed by atoms with Crippen LogP contribution in [0.25, 0.3) is 16.9 Å². The Balaban J connectivity index is 1.53. The maximum Gasteiger partial charge on any atom is 0.234 e. The molecule has 0 saturated heterocycles. The minimum Gasteiger partial charge on any atom is -0.325 e. The Kier molecular flexibility index (Phi) is 4.75. The molecular weight excluding hydrogens is 367 g/mol.